The Labute approximate surface area is 177 Å². The van der Waals surface area contributed by atoms with Gasteiger partial charge in [-0.25, -0.2) is 8.42 Å². The number of hydrogen-bond donors (Lipinski definition) is 1. The first-order valence-corrected chi connectivity index (χ1v) is 11.3. The first kappa shape index (κ1) is 23.3. The molecule has 30 heavy (non-hydrogen) atoms. The molecule has 0 heterocycles. The summed E-state index contributed by atoms with van der Waals surface area (Å²) in [5, 5.41) is 14.1. The van der Waals surface area contributed by atoms with Crippen molar-refractivity contribution < 1.29 is 18.1 Å². The normalized spacial score (nSPS) is 12.3. The Bertz CT molecular complexity index is 1070. The number of carbonyl (C=O) groups is 1. The van der Waals surface area contributed by atoms with Crippen molar-refractivity contribution in [3.05, 3.63) is 62.7 Å². The molecule has 0 saturated carbocycles. The summed E-state index contributed by atoms with van der Waals surface area (Å²) in [6.07, 6.45) is 1.18. The molecule has 1 N–H and O–H groups in total. The Morgan fingerprint density at radius 2 is 1.67 bits per heavy atom. The van der Waals surface area contributed by atoms with Crippen molar-refractivity contribution in [3.63, 3.8) is 0 Å². The van der Waals surface area contributed by atoms with E-state index in [2.05, 4.69) is 5.32 Å². The maximum absolute atomic E-state index is 13.2. The molecule has 0 aromatic heterocycles. The number of hydrogen-bond acceptors (Lipinski definition) is 5. The van der Waals surface area contributed by atoms with Crippen LogP contribution in [0.1, 0.15) is 35.6 Å². The van der Waals surface area contributed by atoms with Crippen molar-refractivity contribution in [1.82, 2.24) is 0 Å². The number of non-ortho nitro benzene ring substituents is 1. The molecule has 0 aliphatic heterocycles. The van der Waals surface area contributed by atoms with Gasteiger partial charge in [0, 0.05) is 17.8 Å². The fourth-order valence-corrected chi connectivity index (χ4v) is 4.83. The number of nitro groups is 1. The number of carbonyl (C=O) groups excluding carboxylic acids is 1. The average molecular weight is 434 g/mol. The predicted octanol–water partition coefficient (Wildman–Crippen LogP) is 4.01. The van der Waals surface area contributed by atoms with Gasteiger partial charge in [-0.15, -0.1) is 0 Å². The summed E-state index contributed by atoms with van der Waals surface area (Å²) in [6.45, 7) is 9.04. The number of aryl methyl sites for hydroxylation is 4. The molecule has 0 radical (unpaired) electrons. The average Bonchev–Trinajstić information content (AvgIpc) is 2.62. The maximum atomic E-state index is 13.2. The highest BCUT2D eigenvalue weighted by Gasteiger charge is 2.33. The van der Waals surface area contributed by atoms with E-state index in [9.17, 15) is 23.3 Å². The standard InChI is InChI=1S/C21H27N3O5S/c1-7-18(21(25)22-20-15(4)10-13(2)11-16(20)5)23(30(6,28)29)19-12-17(24(26)27)9-8-14(19)3/h8-12,18H,7H2,1-6H3,(H,22,25)/t18-/m1/s1. The van der Waals surface area contributed by atoms with Crippen molar-refractivity contribution >= 4 is 33.0 Å². The van der Waals surface area contributed by atoms with Crippen LogP contribution in [0.5, 0.6) is 0 Å². The summed E-state index contributed by atoms with van der Waals surface area (Å²) in [7, 11) is -3.91. The Balaban J connectivity index is 2.55. The molecule has 9 heteroatoms. The van der Waals surface area contributed by atoms with Crippen molar-refractivity contribution in [2.24, 2.45) is 0 Å². The van der Waals surface area contributed by atoms with Gasteiger partial charge < -0.3 is 5.32 Å². The molecule has 1 atom stereocenters. The lowest BCUT2D eigenvalue weighted by Gasteiger charge is -2.31. The molecule has 2 aromatic rings. The molecular formula is C21H27N3O5S. The van der Waals surface area contributed by atoms with Gasteiger partial charge in [-0.1, -0.05) is 30.7 Å². The molecule has 2 aromatic carbocycles. The van der Waals surface area contributed by atoms with Crippen LogP contribution in [0.25, 0.3) is 0 Å². The van der Waals surface area contributed by atoms with Crippen LogP contribution in [-0.4, -0.2) is 31.5 Å². The van der Waals surface area contributed by atoms with Gasteiger partial charge in [0.25, 0.3) is 5.69 Å². The van der Waals surface area contributed by atoms with Crippen molar-refractivity contribution in [1.29, 1.82) is 0 Å². The molecule has 0 saturated heterocycles. The van der Waals surface area contributed by atoms with Crippen LogP contribution in [0.2, 0.25) is 0 Å². The third-order valence-electron chi connectivity index (χ3n) is 4.90. The number of nitro benzene ring substituents is 1. The number of sulfonamides is 1. The number of rotatable bonds is 7. The zero-order chi connectivity index (χ0) is 22.8. The topological polar surface area (TPSA) is 110 Å². The Morgan fingerprint density at radius 3 is 2.13 bits per heavy atom. The number of nitrogens with one attached hydrogen (secondary N) is 1. The summed E-state index contributed by atoms with van der Waals surface area (Å²) in [5.41, 5.74) is 3.81. The van der Waals surface area contributed by atoms with Gasteiger partial charge in [0.1, 0.15) is 6.04 Å². The molecule has 1 amide bonds. The molecule has 8 nitrogen and oxygen atoms in total. The molecule has 0 aliphatic rings. The van der Waals surface area contributed by atoms with E-state index in [1.807, 2.05) is 32.9 Å². The van der Waals surface area contributed by atoms with Gasteiger partial charge in [0.2, 0.25) is 15.9 Å². The van der Waals surface area contributed by atoms with Crippen LogP contribution >= 0.6 is 0 Å². The first-order chi connectivity index (χ1) is 13.9. The number of amides is 1. The van der Waals surface area contributed by atoms with Gasteiger partial charge in [0.05, 0.1) is 16.9 Å². The van der Waals surface area contributed by atoms with E-state index < -0.39 is 26.9 Å². The molecule has 0 fully saturated rings. The Kier molecular flexibility index (Phi) is 6.87. The van der Waals surface area contributed by atoms with Gasteiger partial charge in [-0.2, -0.15) is 0 Å². The van der Waals surface area contributed by atoms with Gasteiger partial charge in [0.15, 0.2) is 0 Å². The van der Waals surface area contributed by atoms with E-state index in [0.717, 1.165) is 27.3 Å². The summed E-state index contributed by atoms with van der Waals surface area (Å²) >= 11 is 0. The lowest BCUT2D eigenvalue weighted by molar-refractivity contribution is -0.384. The van der Waals surface area contributed by atoms with Gasteiger partial charge >= 0.3 is 0 Å². The van der Waals surface area contributed by atoms with E-state index >= 15 is 0 Å². The van der Waals surface area contributed by atoms with E-state index in [1.165, 1.54) is 18.2 Å². The fraction of sp³-hybridized carbons (Fsp3) is 0.381. The summed E-state index contributed by atoms with van der Waals surface area (Å²) in [5.74, 6) is -0.496. The molecule has 162 valence electrons. The van der Waals surface area contributed by atoms with E-state index in [1.54, 1.807) is 13.8 Å². The highest BCUT2D eigenvalue weighted by molar-refractivity contribution is 7.92. The minimum atomic E-state index is -3.91. The lowest BCUT2D eigenvalue weighted by Crippen LogP contribution is -2.47. The zero-order valence-electron chi connectivity index (χ0n) is 18.0. The monoisotopic (exact) mass is 433 g/mol. The number of anilines is 2. The van der Waals surface area contributed by atoms with E-state index in [4.69, 9.17) is 0 Å². The molecular weight excluding hydrogens is 406 g/mol. The number of benzene rings is 2. The van der Waals surface area contributed by atoms with Gasteiger partial charge in [-0.3, -0.25) is 19.2 Å². The molecule has 2 rings (SSSR count). The first-order valence-electron chi connectivity index (χ1n) is 9.50. The number of nitrogens with zero attached hydrogens (tertiary/aromatic N) is 2. The van der Waals surface area contributed by atoms with Crippen LogP contribution in [0.4, 0.5) is 17.1 Å². The van der Waals surface area contributed by atoms with Gasteiger partial charge in [-0.05, 0) is 50.8 Å². The predicted molar refractivity (Wildman–Crippen MR) is 119 cm³/mol. The summed E-state index contributed by atoms with van der Waals surface area (Å²) < 4.78 is 26.3. The fourth-order valence-electron chi connectivity index (χ4n) is 3.57. The van der Waals surface area contributed by atoms with E-state index in [0.29, 0.717) is 11.3 Å². The largest absolute Gasteiger partial charge is 0.324 e. The lowest BCUT2D eigenvalue weighted by atomic mass is 10.0. The molecule has 0 spiro atoms. The second-order valence-corrected chi connectivity index (χ2v) is 9.33. The van der Waals surface area contributed by atoms with Crippen LogP contribution in [-0.2, 0) is 14.8 Å². The smallest absolute Gasteiger partial charge is 0.271 e. The third-order valence-corrected chi connectivity index (χ3v) is 6.06. The van der Waals surface area contributed by atoms with Crippen LogP contribution in [0, 0.1) is 37.8 Å². The quantitative estimate of drug-likeness (QED) is 0.524. The van der Waals surface area contributed by atoms with Crippen molar-refractivity contribution in [2.75, 3.05) is 15.9 Å². The highest BCUT2D eigenvalue weighted by atomic mass is 32.2. The SMILES string of the molecule is CC[C@H](C(=O)Nc1c(C)cc(C)cc1C)N(c1cc([N+](=O)[O-])ccc1C)S(C)(=O)=O. The van der Waals surface area contributed by atoms with Crippen LogP contribution in [0.3, 0.4) is 0 Å². The van der Waals surface area contributed by atoms with Crippen LogP contribution in [0.15, 0.2) is 30.3 Å². The molecule has 0 bridgehead atoms. The zero-order valence-corrected chi connectivity index (χ0v) is 18.8. The minimum Gasteiger partial charge on any atom is -0.324 e. The second-order valence-electron chi connectivity index (χ2n) is 7.47. The van der Waals surface area contributed by atoms with E-state index in [-0.39, 0.29) is 17.8 Å². The second kappa shape index (κ2) is 8.83. The van der Waals surface area contributed by atoms with Crippen molar-refractivity contribution in [2.45, 2.75) is 47.1 Å². The Morgan fingerprint density at radius 1 is 1.10 bits per heavy atom. The Hall–Kier alpha value is -2.94. The molecule has 0 unspecified atom stereocenters. The maximum Gasteiger partial charge on any atom is 0.271 e. The summed E-state index contributed by atoms with van der Waals surface area (Å²) in [6, 6.07) is 6.77. The summed E-state index contributed by atoms with van der Waals surface area (Å²) in [4.78, 5) is 23.8. The van der Waals surface area contributed by atoms with Crippen molar-refractivity contribution in [3.8, 4) is 0 Å². The third kappa shape index (κ3) is 4.96. The molecule has 0 aliphatic carbocycles. The minimum absolute atomic E-state index is 0.117. The van der Waals surface area contributed by atoms with Crippen LogP contribution < -0.4 is 9.62 Å². The highest BCUT2D eigenvalue weighted by Crippen LogP contribution is 2.31.